The molecule has 138 valence electrons. The Morgan fingerprint density at radius 3 is 2.72 bits per heavy atom. The first kappa shape index (κ1) is 17.9. The Labute approximate surface area is 148 Å². The van der Waals surface area contributed by atoms with Gasteiger partial charge in [-0.3, -0.25) is 14.3 Å². The highest BCUT2D eigenvalue weighted by atomic mass is 16.5. The largest absolute Gasteiger partial charge is 0.383 e. The number of likely N-dealkylation sites (tertiary alicyclic amines) is 1. The molecule has 0 aromatic carbocycles. The summed E-state index contributed by atoms with van der Waals surface area (Å²) in [4.78, 5) is 27.6. The summed E-state index contributed by atoms with van der Waals surface area (Å²) in [5.41, 5.74) is 1.31. The van der Waals surface area contributed by atoms with E-state index in [9.17, 15) is 9.59 Å². The number of hydrogen-bond donors (Lipinski definition) is 1. The Morgan fingerprint density at radius 2 is 2.12 bits per heavy atom. The van der Waals surface area contributed by atoms with Crippen molar-refractivity contribution >= 4 is 11.8 Å². The van der Waals surface area contributed by atoms with E-state index in [-0.39, 0.29) is 23.1 Å². The lowest BCUT2D eigenvalue weighted by molar-refractivity contribution is -0.127. The summed E-state index contributed by atoms with van der Waals surface area (Å²) in [6, 6.07) is 0. The Hall–Kier alpha value is -1.89. The van der Waals surface area contributed by atoms with Gasteiger partial charge < -0.3 is 15.0 Å². The smallest absolute Gasteiger partial charge is 0.257 e. The molecule has 1 aromatic rings. The molecule has 1 unspecified atom stereocenters. The highest BCUT2D eigenvalue weighted by Gasteiger charge is 2.52. The minimum absolute atomic E-state index is 0.0101. The van der Waals surface area contributed by atoms with Crippen molar-refractivity contribution in [1.29, 1.82) is 0 Å². The van der Waals surface area contributed by atoms with Gasteiger partial charge in [-0.2, -0.15) is 5.10 Å². The molecule has 0 bridgehead atoms. The molecule has 1 saturated heterocycles. The first-order valence-electron chi connectivity index (χ1n) is 9.03. The number of rotatable bonds is 5. The maximum atomic E-state index is 13.0. The number of ether oxygens (including phenoxy) is 1. The van der Waals surface area contributed by atoms with Gasteiger partial charge in [0, 0.05) is 45.4 Å². The molecule has 7 nitrogen and oxygen atoms in total. The van der Waals surface area contributed by atoms with Crippen LogP contribution in [-0.2, 0) is 16.6 Å². The topological polar surface area (TPSA) is 76.5 Å². The molecule has 1 saturated carbocycles. The number of carbonyl (C=O) groups is 2. The van der Waals surface area contributed by atoms with E-state index in [0.29, 0.717) is 31.8 Å². The van der Waals surface area contributed by atoms with Gasteiger partial charge in [0.25, 0.3) is 5.91 Å². The molecule has 2 heterocycles. The van der Waals surface area contributed by atoms with Gasteiger partial charge in [0.1, 0.15) is 0 Å². The second-order valence-electron chi connectivity index (χ2n) is 7.39. The van der Waals surface area contributed by atoms with E-state index in [0.717, 1.165) is 31.4 Å². The van der Waals surface area contributed by atoms with E-state index >= 15 is 0 Å². The van der Waals surface area contributed by atoms with Crippen molar-refractivity contribution in [1.82, 2.24) is 20.0 Å². The molecule has 2 fully saturated rings. The first-order chi connectivity index (χ1) is 12.0. The fraction of sp³-hybridized carbons (Fsp3) is 0.722. The summed E-state index contributed by atoms with van der Waals surface area (Å²) < 4.78 is 6.68. The fourth-order valence-electron chi connectivity index (χ4n) is 4.45. The molecule has 3 rings (SSSR count). The lowest BCUT2D eigenvalue weighted by atomic mass is 9.76. The normalized spacial score (nSPS) is 21.9. The van der Waals surface area contributed by atoms with Gasteiger partial charge in [-0.15, -0.1) is 0 Å². The number of hydrogen-bond acceptors (Lipinski definition) is 4. The molecular formula is C18H28N4O3. The maximum absolute atomic E-state index is 13.0. The van der Waals surface area contributed by atoms with Crippen LogP contribution < -0.4 is 5.32 Å². The third-order valence-corrected chi connectivity index (χ3v) is 5.70. The number of carbonyl (C=O) groups excluding carboxylic acids is 2. The van der Waals surface area contributed by atoms with Crippen molar-refractivity contribution < 1.29 is 14.3 Å². The van der Waals surface area contributed by atoms with Crippen LogP contribution in [0, 0.1) is 18.3 Å². The highest BCUT2D eigenvalue weighted by Crippen LogP contribution is 2.49. The van der Waals surface area contributed by atoms with Crippen LogP contribution in [0.5, 0.6) is 0 Å². The van der Waals surface area contributed by atoms with Crippen LogP contribution in [0.4, 0.5) is 0 Å². The zero-order valence-electron chi connectivity index (χ0n) is 15.4. The third kappa shape index (κ3) is 3.42. The van der Waals surface area contributed by atoms with E-state index in [1.54, 1.807) is 18.0 Å². The summed E-state index contributed by atoms with van der Waals surface area (Å²) in [7, 11) is 3.44. The van der Waals surface area contributed by atoms with Crippen LogP contribution in [-0.4, -0.2) is 59.8 Å². The van der Waals surface area contributed by atoms with E-state index in [2.05, 4.69) is 10.4 Å². The molecule has 25 heavy (non-hydrogen) atoms. The molecule has 7 heteroatoms. The second kappa shape index (κ2) is 7.15. The first-order valence-corrected chi connectivity index (χ1v) is 9.03. The number of nitrogens with one attached hydrogen (secondary N) is 1. The van der Waals surface area contributed by atoms with Crippen LogP contribution in [0.25, 0.3) is 0 Å². The standard InChI is InChI=1S/C18H28N4O3/c1-13-14(10-21(2)20-13)17(24)22-11-15(16(23)19-8-9-25-3)18(12-22)6-4-5-7-18/h10,15H,4-9,11-12H2,1-3H3,(H,19,23). The predicted molar refractivity (Wildman–Crippen MR) is 93.1 cm³/mol. The Kier molecular flexibility index (Phi) is 5.13. The summed E-state index contributed by atoms with van der Waals surface area (Å²) in [6.07, 6.45) is 6.08. The summed E-state index contributed by atoms with van der Waals surface area (Å²) in [6.45, 7) is 4.03. The second-order valence-corrected chi connectivity index (χ2v) is 7.39. The number of methoxy groups -OCH3 is 1. The van der Waals surface area contributed by atoms with Crippen molar-refractivity contribution in [3.8, 4) is 0 Å². The summed E-state index contributed by atoms with van der Waals surface area (Å²) in [5.74, 6) is -0.0889. The number of aromatic nitrogens is 2. The van der Waals surface area contributed by atoms with Crippen molar-refractivity contribution in [3.05, 3.63) is 17.5 Å². The molecule has 1 atom stereocenters. The molecule has 0 radical (unpaired) electrons. The van der Waals surface area contributed by atoms with E-state index < -0.39 is 0 Å². The lowest BCUT2D eigenvalue weighted by Crippen LogP contribution is -2.41. The Bertz CT molecular complexity index is 649. The summed E-state index contributed by atoms with van der Waals surface area (Å²) >= 11 is 0. The van der Waals surface area contributed by atoms with E-state index in [4.69, 9.17) is 4.74 Å². The average Bonchev–Trinajstić information content (AvgIpc) is 3.27. The predicted octanol–water partition coefficient (Wildman–Crippen LogP) is 1.12. The fourth-order valence-corrected chi connectivity index (χ4v) is 4.45. The van der Waals surface area contributed by atoms with Crippen molar-refractivity contribution in [2.75, 3.05) is 33.4 Å². The van der Waals surface area contributed by atoms with Crippen LogP contribution in [0.2, 0.25) is 0 Å². The number of amides is 2. The molecule has 2 amide bonds. The van der Waals surface area contributed by atoms with Gasteiger partial charge in [0.2, 0.25) is 5.91 Å². The van der Waals surface area contributed by atoms with Crippen LogP contribution in [0.3, 0.4) is 0 Å². The lowest BCUT2D eigenvalue weighted by Gasteiger charge is -2.28. The maximum Gasteiger partial charge on any atom is 0.257 e. The molecule has 1 aliphatic carbocycles. The van der Waals surface area contributed by atoms with Crippen molar-refractivity contribution in [2.24, 2.45) is 18.4 Å². The van der Waals surface area contributed by atoms with Crippen molar-refractivity contribution in [2.45, 2.75) is 32.6 Å². The van der Waals surface area contributed by atoms with Gasteiger partial charge in [0.05, 0.1) is 23.8 Å². The molecule has 1 aliphatic heterocycles. The third-order valence-electron chi connectivity index (χ3n) is 5.70. The van der Waals surface area contributed by atoms with Gasteiger partial charge in [-0.25, -0.2) is 0 Å². The Morgan fingerprint density at radius 1 is 1.40 bits per heavy atom. The molecular weight excluding hydrogens is 320 g/mol. The zero-order valence-corrected chi connectivity index (χ0v) is 15.4. The summed E-state index contributed by atoms with van der Waals surface area (Å²) in [5, 5.41) is 7.25. The van der Waals surface area contributed by atoms with Gasteiger partial charge in [0.15, 0.2) is 0 Å². The van der Waals surface area contributed by atoms with Gasteiger partial charge in [-0.1, -0.05) is 12.8 Å². The zero-order chi connectivity index (χ0) is 18.0. The monoisotopic (exact) mass is 348 g/mol. The van der Waals surface area contributed by atoms with Crippen LogP contribution in [0.1, 0.15) is 41.7 Å². The van der Waals surface area contributed by atoms with Crippen LogP contribution in [0.15, 0.2) is 6.20 Å². The molecule has 1 N–H and O–H groups in total. The van der Waals surface area contributed by atoms with E-state index in [1.807, 2.05) is 18.9 Å². The highest BCUT2D eigenvalue weighted by molar-refractivity contribution is 5.96. The quantitative estimate of drug-likeness (QED) is 0.809. The number of aryl methyl sites for hydroxylation is 2. The molecule has 2 aliphatic rings. The average molecular weight is 348 g/mol. The minimum Gasteiger partial charge on any atom is -0.383 e. The van der Waals surface area contributed by atoms with Gasteiger partial charge in [-0.05, 0) is 19.8 Å². The van der Waals surface area contributed by atoms with Crippen LogP contribution >= 0.6 is 0 Å². The number of nitrogens with zero attached hydrogens (tertiary/aromatic N) is 3. The van der Waals surface area contributed by atoms with Crippen molar-refractivity contribution in [3.63, 3.8) is 0 Å². The SMILES string of the molecule is COCCNC(=O)C1CN(C(=O)c2cn(C)nc2C)CC12CCCC2. The molecule has 1 aromatic heterocycles. The Balaban J connectivity index is 1.76. The minimum atomic E-state index is -0.132. The molecule has 1 spiro atoms. The van der Waals surface area contributed by atoms with Gasteiger partial charge >= 0.3 is 0 Å². The van der Waals surface area contributed by atoms with E-state index in [1.165, 1.54) is 0 Å².